The van der Waals surface area contributed by atoms with Crippen LogP contribution in [0.2, 0.25) is 0 Å². The molecular formula is C28H35NO2. The highest BCUT2D eigenvalue weighted by atomic mass is 16.5. The first kappa shape index (κ1) is 19.8. The standard InChI is InChI=1S/C28H35NO2/c1-27-16-23(21-7-5-6-8-25(21)29(2)3)26-20-12-10-19(30)13-17(20)9-11-22(26)24(27)14-18-15-28(18,27)31-4/h5-8,13,18,22-24H,9-12,14-16H2,1-4H3/t18-,22-,23+,24-,27-,28-/m0/s1. The van der Waals surface area contributed by atoms with E-state index in [0.717, 1.165) is 24.7 Å². The third-order valence-electron chi connectivity index (χ3n) is 9.84. The van der Waals surface area contributed by atoms with Crippen molar-refractivity contribution in [3.05, 3.63) is 52.6 Å². The number of rotatable bonds is 3. The number of fused-ring (bicyclic) bond motifs is 6. The summed E-state index contributed by atoms with van der Waals surface area (Å²) in [6, 6.07) is 9.01. The Hall–Kier alpha value is -1.87. The molecule has 0 bridgehead atoms. The van der Waals surface area contributed by atoms with Crippen molar-refractivity contribution in [1.82, 2.24) is 0 Å². The van der Waals surface area contributed by atoms with Gasteiger partial charge in [0.05, 0.1) is 5.60 Å². The predicted molar refractivity (Wildman–Crippen MR) is 124 cm³/mol. The van der Waals surface area contributed by atoms with Gasteiger partial charge in [-0.2, -0.15) is 0 Å². The number of ether oxygens (including phenoxy) is 1. The van der Waals surface area contributed by atoms with Crippen molar-refractivity contribution in [3.8, 4) is 0 Å². The Labute approximate surface area is 186 Å². The molecule has 0 radical (unpaired) electrons. The second-order valence-corrected chi connectivity index (χ2v) is 11.2. The molecule has 0 saturated heterocycles. The fraction of sp³-hybridized carbons (Fsp3) is 0.607. The first-order valence-corrected chi connectivity index (χ1v) is 12.2. The van der Waals surface area contributed by atoms with Crippen LogP contribution in [0.4, 0.5) is 5.69 Å². The molecule has 1 aromatic carbocycles. The molecule has 3 nitrogen and oxygen atoms in total. The van der Waals surface area contributed by atoms with Crippen LogP contribution in [-0.2, 0) is 9.53 Å². The van der Waals surface area contributed by atoms with Gasteiger partial charge in [0.25, 0.3) is 0 Å². The third-order valence-corrected chi connectivity index (χ3v) is 9.84. The molecule has 0 unspecified atom stereocenters. The molecule has 6 rings (SSSR count). The van der Waals surface area contributed by atoms with Crippen LogP contribution < -0.4 is 4.90 Å². The molecule has 5 aliphatic rings. The number of methoxy groups -OCH3 is 1. The first-order valence-electron chi connectivity index (χ1n) is 12.2. The van der Waals surface area contributed by atoms with E-state index in [1.807, 2.05) is 13.2 Å². The Balaban J connectivity index is 1.56. The minimum Gasteiger partial charge on any atom is -0.377 e. The molecule has 31 heavy (non-hydrogen) atoms. The van der Waals surface area contributed by atoms with Crippen molar-refractivity contribution < 1.29 is 9.53 Å². The highest BCUT2D eigenvalue weighted by molar-refractivity contribution is 5.93. The van der Waals surface area contributed by atoms with Gasteiger partial charge in [0.15, 0.2) is 5.78 Å². The van der Waals surface area contributed by atoms with E-state index in [4.69, 9.17) is 4.74 Å². The molecule has 6 atom stereocenters. The van der Waals surface area contributed by atoms with E-state index in [1.54, 1.807) is 11.1 Å². The molecular weight excluding hydrogens is 382 g/mol. The van der Waals surface area contributed by atoms with Crippen molar-refractivity contribution in [2.75, 3.05) is 26.1 Å². The zero-order valence-corrected chi connectivity index (χ0v) is 19.4. The number of nitrogens with zero attached hydrogens (tertiary/aromatic N) is 1. The lowest BCUT2D eigenvalue weighted by Crippen LogP contribution is -2.48. The van der Waals surface area contributed by atoms with E-state index < -0.39 is 0 Å². The van der Waals surface area contributed by atoms with Gasteiger partial charge in [-0.05, 0) is 85.1 Å². The van der Waals surface area contributed by atoms with E-state index in [-0.39, 0.29) is 11.0 Å². The normalized spacial score (nSPS) is 40.5. The molecule has 3 saturated carbocycles. The monoisotopic (exact) mass is 417 g/mol. The second kappa shape index (κ2) is 6.57. The maximum absolute atomic E-state index is 12.2. The Morgan fingerprint density at radius 3 is 2.68 bits per heavy atom. The summed E-state index contributed by atoms with van der Waals surface area (Å²) in [6.45, 7) is 2.55. The van der Waals surface area contributed by atoms with Crippen LogP contribution in [0.25, 0.3) is 0 Å². The summed E-state index contributed by atoms with van der Waals surface area (Å²) < 4.78 is 6.33. The number of anilines is 1. The van der Waals surface area contributed by atoms with Crippen LogP contribution in [0.1, 0.15) is 63.4 Å². The second-order valence-electron chi connectivity index (χ2n) is 11.2. The molecule has 0 N–H and O–H groups in total. The molecule has 1 aromatic rings. The van der Waals surface area contributed by atoms with Crippen LogP contribution in [0.15, 0.2) is 47.1 Å². The number of allylic oxidation sites excluding steroid dienone is 4. The third kappa shape index (κ3) is 2.53. The molecule has 5 aliphatic carbocycles. The number of hydrogen-bond acceptors (Lipinski definition) is 3. The van der Waals surface area contributed by atoms with Gasteiger partial charge in [-0.3, -0.25) is 4.79 Å². The van der Waals surface area contributed by atoms with Gasteiger partial charge in [0, 0.05) is 44.6 Å². The topological polar surface area (TPSA) is 29.5 Å². The minimum atomic E-state index is 0.0951. The summed E-state index contributed by atoms with van der Waals surface area (Å²) in [4.78, 5) is 14.5. The van der Waals surface area contributed by atoms with Gasteiger partial charge >= 0.3 is 0 Å². The summed E-state index contributed by atoms with van der Waals surface area (Å²) >= 11 is 0. The van der Waals surface area contributed by atoms with E-state index in [0.29, 0.717) is 24.0 Å². The van der Waals surface area contributed by atoms with Gasteiger partial charge in [0.1, 0.15) is 0 Å². The number of carbonyl (C=O) groups excluding carboxylic acids is 1. The molecule has 0 spiro atoms. The average molecular weight is 418 g/mol. The Morgan fingerprint density at radius 2 is 1.90 bits per heavy atom. The van der Waals surface area contributed by atoms with Gasteiger partial charge in [-0.15, -0.1) is 0 Å². The minimum absolute atomic E-state index is 0.0951. The molecule has 0 amide bonds. The zero-order valence-electron chi connectivity index (χ0n) is 19.4. The first-order chi connectivity index (χ1) is 14.9. The molecule has 0 aliphatic heterocycles. The quantitative estimate of drug-likeness (QED) is 0.635. The van der Waals surface area contributed by atoms with Crippen LogP contribution in [0.3, 0.4) is 0 Å². The number of benzene rings is 1. The fourth-order valence-corrected chi connectivity index (χ4v) is 8.47. The summed E-state index contributed by atoms with van der Waals surface area (Å²) in [5, 5.41) is 0. The summed E-state index contributed by atoms with van der Waals surface area (Å²) in [5.41, 5.74) is 7.71. The van der Waals surface area contributed by atoms with Crippen LogP contribution in [0, 0.1) is 23.2 Å². The molecule has 0 heterocycles. The Kier molecular flexibility index (Phi) is 4.19. The highest BCUT2D eigenvalue weighted by Gasteiger charge is 2.75. The lowest BCUT2D eigenvalue weighted by Gasteiger charge is -2.54. The van der Waals surface area contributed by atoms with Crippen LogP contribution >= 0.6 is 0 Å². The highest BCUT2D eigenvalue weighted by Crippen LogP contribution is 2.77. The predicted octanol–water partition coefficient (Wildman–Crippen LogP) is 5.67. The SMILES string of the molecule is CO[C@@]12C[C@@H]1C[C@H]1[C@@H]3CCC4=CC(=O)CCC4=C3[C@@H](c3ccccc3N(C)C)C[C@@]12C. The lowest BCUT2D eigenvalue weighted by atomic mass is 9.51. The van der Waals surface area contributed by atoms with E-state index in [1.165, 1.54) is 42.5 Å². The molecule has 0 aromatic heterocycles. The van der Waals surface area contributed by atoms with Gasteiger partial charge in [0.2, 0.25) is 0 Å². The van der Waals surface area contributed by atoms with E-state index in [9.17, 15) is 4.79 Å². The largest absolute Gasteiger partial charge is 0.377 e. The fourth-order valence-electron chi connectivity index (χ4n) is 8.47. The number of carbonyl (C=O) groups is 1. The van der Waals surface area contributed by atoms with Gasteiger partial charge in [-0.1, -0.05) is 30.7 Å². The van der Waals surface area contributed by atoms with Crippen molar-refractivity contribution in [1.29, 1.82) is 0 Å². The Morgan fingerprint density at radius 1 is 1.10 bits per heavy atom. The van der Waals surface area contributed by atoms with Gasteiger partial charge < -0.3 is 9.64 Å². The summed E-state index contributed by atoms with van der Waals surface area (Å²) in [5.74, 6) is 2.84. The maximum atomic E-state index is 12.2. The molecule has 3 fully saturated rings. The van der Waals surface area contributed by atoms with Crippen molar-refractivity contribution >= 4 is 11.5 Å². The maximum Gasteiger partial charge on any atom is 0.156 e. The van der Waals surface area contributed by atoms with Crippen LogP contribution in [0.5, 0.6) is 0 Å². The summed E-state index contributed by atoms with van der Waals surface area (Å²) in [6.07, 6.45) is 9.63. The lowest BCUT2D eigenvalue weighted by molar-refractivity contribution is -0.114. The number of hydrogen-bond donors (Lipinski definition) is 0. The van der Waals surface area contributed by atoms with E-state index in [2.05, 4.69) is 50.2 Å². The van der Waals surface area contributed by atoms with Crippen LogP contribution in [-0.4, -0.2) is 32.6 Å². The molecule has 3 heteroatoms. The number of para-hydroxylation sites is 1. The molecule has 164 valence electrons. The van der Waals surface area contributed by atoms with Crippen molar-refractivity contribution in [2.45, 2.75) is 63.4 Å². The summed E-state index contributed by atoms with van der Waals surface area (Å²) in [7, 11) is 6.28. The average Bonchev–Trinajstić information content (AvgIpc) is 3.44. The smallest absolute Gasteiger partial charge is 0.156 e. The van der Waals surface area contributed by atoms with Gasteiger partial charge in [-0.25, -0.2) is 0 Å². The zero-order chi connectivity index (χ0) is 21.5. The Bertz CT molecular complexity index is 1020. The van der Waals surface area contributed by atoms with Crippen molar-refractivity contribution in [2.24, 2.45) is 23.2 Å². The van der Waals surface area contributed by atoms with Crippen molar-refractivity contribution in [3.63, 3.8) is 0 Å². The van der Waals surface area contributed by atoms with E-state index >= 15 is 0 Å². The number of ketones is 1.